The number of ether oxygens (including phenoxy) is 1. The first kappa shape index (κ1) is 25.2. The molecule has 1 heterocycles. The number of nitrogens with one attached hydrogen (secondary N) is 1. The fraction of sp³-hybridized carbons (Fsp3) is 0.296. The molecule has 4 aromatic rings. The molecular weight excluding hydrogens is 480 g/mol. The Morgan fingerprint density at radius 1 is 1.06 bits per heavy atom. The van der Waals surface area contributed by atoms with Gasteiger partial charge >= 0.3 is 0 Å². The fourth-order valence-electron chi connectivity index (χ4n) is 4.09. The highest BCUT2D eigenvalue weighted by Crippen LogP contribution is 2.29. The Bertz CT molecular complexity index is 1300. The Balaban J connectivity index is 1.56. The average Bonchev–Trinajstić information content (AvgIpc) is 3.24. The van der Waals surface area contributed by atoms with E-state index in [9.17, 15) is 4.21 Å². The Kier molecular flexibility index (Phi) is 8.44. The van der Waals surface area contributed by atoms with Crippen LogP contribution < -0.4 is 14.4 Å². The molecule has 0 amide bonds. The van der Waals surface area contributed by atoms with Gasteiger partial charge in [-0.25, -0.2) is 8.93 Å². The molecule has 1 aromatic heterocycles. The van der Waals surface area contributed by atoms with Gasteiger partial charge in [-0.1, -0.05) is 41.9 Å². The number of halogens is 1. The van der Waals surface area contributed by atoms with E-state index >= 15 is 0 Å². The monoisotopic (exact) mass is 510 g/mol. The van der Waals surface area contributed by atoms with E-state index in [-0.39, 0.29) is 0 Å². The first-order valence-corrected chi connectivity index (χ1v) is 13.3. The minimum absolute atomic E-state index is 0.569. The third-order valence-corrected chi connectivity index (χ3v) is 7.58. The van der Waals surface area contributed by atoms with Gasteiger partial charge in [-0.3, -0.25) is 4.68 Å². The molecule has 0 aliphatic rings. The van der Waals surface area contributed by atoms with Crippen LogP contribution >= 0.6 is 11.6 Å². The Hall–Kier alpha value is -2.87. The van der Waals surface area contributed by atoms with Crippen molar-refractivity contribution >= 4 is 39.3 Å². The molecule has 35 heavy (non-hydrogen) atoms. The molecule has 184 valence electrons. The number of anilines is 1. The van der Waals surface area contributed by atoms with E-state index in [0.717, 1.165) is 63.0 Å². The van der Waals surface area contributed by atoms with Crippen molar-refractivity contribution in [3.05, 3.63) is 82.9 Å². The van der Waals surface area contributed by atoms with Crippen molar-refractivity contribution in [3.63, 3.8) is 0 Å². The van der Waals surface area contributed by atoms with Crippen LogP contribution in [-0.4, -0.2) is 40.7 Å². The van der Waals surface area contributed by atoms with Crippen LogP contribution in [0.4, 0.5) is 5.82 Å². The zero-order valence-corrected chi connectivity index (χ0v) is 21.9. The van der Waals surface area contributed by atoms with E-state index in [0.29, 0.717) is 13.1 Å². The SMILES string of the molecule is CCN(CC)c1nn(Cc2ccccc2Cl)c2ccc(S(=O)NCCc3ccc(OC)cc3)cc12. The van der Waals surface area contributed by atoms with Crippen LogP contribution in [0.15, 0.2) is 71.6 Å². The molecule has 0 spiro atoms. The third-order valence-electron chi connectivity index (χ3n) is 6.06. The number of nitrogens with zero attached hydrogens (tertiary/aromatic N) is 3. The lowest BCUT2D eigenvalue weighted by Crippen LogP contribution is -2.23. The average molecular weight is 511 g/mol. The van der Waals surface area contributed by atoms with Crippen molar-refractivity contribution in [1.82, 2.24) is 14.5 Å². The van der Waals surface area contributed by atoms with Crippen molar-refractivity contribution < 1.29 is 8.95 Å². The minimum Gasteiger partial charge on any atom is -0.497 e. The van der Waals surface area contributed by atoms with Gasteiger partial charge in [-0.15, -0.1) is 0 Å². The summed E-state index contributed by atoms with van der Waals surface area (Å²) in [6.07, 6.45) is 0.776. The predicted octanol–water partition coefficient (Wildman–Crippen LogP) is 5.45. The normalized spacial score (nSPS) is 12.1. The molecular formula is C27H31ClN4O2S. The Morgan fingerprint density at radius 3 is 2.49 bits per heavy atom. The molecule has 1 N–H and O–H groups in total. The van der Waals surface area contributed by atoms with E-state index in [2.05, 4.69) is 23.5 Å². The number of aromatic nitrogens is 2. The number of benzene rings is 3. The largest absolute Gasteiger partial charge is 0.497 e. The van der Waals surface area contributed by atoms with E-state index in [1.807, 2.05) is 71.4 Å². The van der Waals surface area contributed by atoms with Crippen LogP contribution in [0.1, 0.15) is 25.0 Å². The van der Waals surface area contributed by atoms with Crippen molar-refractivity contribution in [2.45, 2.75) is 31.7 Å². The molecule has 0 aliphatic heterocycles. The standard InChI is InChI=1S/C27H31ClN4O2S/c1-4-31(5-2)27-24-18-23(35(33)29-17-16-20-10-12-22(34-3)13-11-20)14-15-26(24)32(30-27)19-21-8-6-7-9-25(21)28/h6-15,18,29H,4-5,16-17,19H2,1-3H3. The maximum absolute atomic E-state index is 13.1. The summed E-state index contributed by atoms with van der Waals surface area (Å²) in [5, 5.41) is 6.65. The van der Waals surface area contributed by atoms with E-state index in [1.54, 1.807) is 7.11 Å². The van der Waals surface area contributed by atoms with Crippen molar-refractivity contribution in [3.8, 4) is 5.75 Å². The first-order valence-electron chi connectivity index (χ1n) is 11.8. The maximum Gasteiger partial charge on any atom is 0.158 e. The first-order chi connectivity index (χ1) is 17.0. The summed E-state index contributed by atoms with van der Waals surface area (Å²) in [5.74, 6) is 1.73. The van der Waals surface area contributed by atoms with Gasteiger partial charge in [0.1, 0.15) is 16.7 Å². The van der Waals surface area contributed by atoms with Crippen LogP contribution in [0.2, 0.25) is 5.02 Å². The molecule has 1 unspecified atom stereocenters. The van der Waals surface area contributed by atoms with Gasteiger partial charge in [0, 0.05) is 30.0 Å². The van der Waals surface area contributed by atoms with Gasteiger partial charge in [-0.05, 0) is 67.8 Å². The summed E-state index contributed by atoms with van der Waals surface area (Å²) in [7, 11) is 0.327. The fourth-order valence-corrected chi connectivity index (χ4v) is 5.15. The van der Waals surface area contributed by atoms with Crippen LogP contribution in [-0.2, 0) is 24.0 Å². The third kappa shape index (κ3) is 5.86. The summed E-state index contributed by atoms with van der Waals surface area (Å²) < 4.78 is 23.4. The van der Waals surface area contributed by atoms with Gasteiger partial charge in [0.25, 0.3) is 0 Å². The maximum atomic E-state index is 13.1. The smallest absolute Gasteiger partial charge is 0.158 e. The Morgan fingerprint density at radius 2 is 1.80 bits per heavy atom. The van der Waals surface area contributed by atoms with Gasteiger partial charge in [-0.2, -0.15) is 5.10 Å². The lowest BCUT2D eigenvalue weighted by Gasteiger charge is -2.18. The summed E-state index contributed by atoms with van der Waals surface area (Å²) in [6, 6.07) is 21.7. The van der Waals surface area contributed by atoms with Crippen LogP contribution in [0.25, 0.3) is 10.9 Å². The second-order valence-electron chi connectivity index (χ2n) is 8.19. The zero-order chi connectivity index (χ0) is 24.8. The molecule has 3 aromatic carbocycles. The van der Waals surface area contributed by atoms with E-state index < -0.39 is 11.0 Å². The highest BCUT2D eigenvalue weighted by Gasteiger charge is 2.17. The number of hydrogen-bond acceptors (Lipinski definition) is 4. The molecule has 0 fully saturated rings. The highest BCUT2D eigenvalue weighted by atomic mass is 35.5. The predicted molar refractivity (Wildman–Crippen MR) is 145 cm³/mol. The number of methoxy groups -OCH3 is 1. The molecule has 0 radical (unpaired) electrons. The summed E-state index contributed by atoms with van der Waals surface area (Å²) in [5.41, 5.74) is 3.17. The highest BCUT2D eigenvalue weighted by molar-refractivity contribution is 7.83. The quantitative estimate of drug-likeness (QED) is 0.291. The van der Waals surface area contributed by atoms with Gasteiger partial charge in [0.2, 0.25) is 0 Å². The lowest BCUT2D eigenvalue weighted by molar-refractivity contribution is 0.414. The minimum atomic E-state index is -1.33. The molecule has 0 aliphatic carbocycles. The second-order valence-corrected chi connectivity index (χ2v) is 9.89. The van der Waals surface area contributed by atoms with Gasteiger partial charge in [0.15, 0.2) is 5.82 Å². The zero-order valence-electron chi connectivity index (χ0n) is 20.3. The number of rotatable bonds is 11. The summed E-state index contributed by atoms with van der Waals surface area (Å²) in [4.78, 5) is 2.95. The molecule has 1 atom stereocenters. The lowest BCUT2D eigenvalue weighted by atomic mass is 10.1. The molecule has 0 saturated carbocycles. The van der Waals surface area contributed by atoms with Crippen LogP contribution in [0, 0.1) is 0 Å². The summed E-state index contributed by atoms with van der Waals surface area (Å²) >= 11 is 6.42. The van der Waals surface area contributed by atoms with Gasteiger partial charge < -0.3 is 9.64 Å². The molecule has 6 nitrogen and oxygen atoms in total. The molecule has 4 rings (SSSR count). The van der Waals surface area contributed by atoms with Crippen LogP contribution in [0.3, 0.4) is 0 Å². The van der Waals surface area contributed by atoms with E-state index in [4.69, 9.17) is 21.4 Å². The number of fused-ring (bicyclic) bond motifs is 1. The second kappa shape index (κ2) is 11.7. The molecule has 0 saturated heterocycles. The number of hydrogen-bond donors (Lipinski definition) is 1. The van der Waals surface area contributed by atoms with Crippen molar-refractivity contribution in [2.24, 2.45) is 0 Å². The summed E-state index contributed by atoms with van der Waals surface area (Å²) in [6.45, 7) is 7.08. The molecule has 8 heteroatoms. The van der Waals surface area contributed by atoms with Crippen molar-refractivity contribution in [1.29, 1.82) is 0 Å². The van der Waals surface area contributed by atoms with Crippen LogP contribution in [0.5, 0.6) is 5.75 Å². The molecule has 0 bridgehead atoms. The van der Waals surface area contributed by atoms with Crippen molar-refractivity contribution in [2.75, 3.05) is 31.6 Å². The van der Waals surface area contributed by atoms with E-state index in [1.165, 1.54) is 0 Å². The van der Waals surface area contributed by atoms with Gasteiger partial charge in [0.05, 0.1) is 24.1 Å². The topological polar surface area (TPSA) is 59.4 Å². The Labute approximate surface area is 214 Å².